The van der Waals surface area contributed by atoms with Crippen LogP contribution in [0.15, 0.2) is 52.9 Å². The number of amides is 1. The summed E-state index contributed by atoms with van der Waals surface area (Å²) in [5.41, 5.74) is 1.69. The van der Waals surface area contributed by atoms with E-state index in [1.807, 2.05) is 42.5 Å². The standard InChI is InChI=1S/C18H15NO4/c1-19(10-12-6-7-15-16(8-12)22-11-21-15)18(20)17-9-13-4-2-3-5-14(13)23-17/h2-9H,10-11H2,1H3. The van der Waals surface area contributed by atoms with Gasteiger partial charge in [-0.15, -0.1) is 0 Å². The number of furan rings is 1. The fraction of sp³-hybridized carbons (Fsp3) is 0.167. The topological polar surface area (TPSA) is 51.9 Å². The maximum atomic E-state index is 12.5. The minimum Gasteiger partial charge on any atom is -0.454 e. The second-order valence-electron chi connectivity index (χ2n) is 5.50. The molecule has 0 spiro atoms. The lowest BCUT2D eigenvalue weighted by Gasteiger charge is -2.16. The number of ether oxygens (including phenoxy) is 2. The lowest BCUT2D eigenvalue weighted by molar-refractivity contribution is 0.0755. The molecule has 0 fully saturated rings. The molecule has 5 nitrogen and oxygen atoms in total. The number of hydrogen-bond donors (Lipinski definition) is 0. The summed E-state index contributed by atoms with van der Waals surface area (Å²) < 4.78 is 16.3. The van der Waals surface area contributed by atoms with E-state index in [2.05, 4.69) is 0 Å². The molecule has 0 radical (unpaired) electrons. The third-order valence-electron chi connectivity index (χ3n) is 3.84. The lowest BCUT2D eigenvalue weighted by Crippen LogP contribution is -2.25. The van der Waals surface area contributed by atoms with E-state index in [1.54, 1.807) is 18.0 Å². The van der Waals surface area contributed by atoms with Crippen LogP contribution in [0, 0.1) is 0 Å². The van der Waals surface area contributed by atoms with Crippen LogP contribution in [-0.2, 0) is 6.54 Å². The largest absolute Gasteiger partial charge is 0.454 e. The van der Waals surface area contributed by atoms with E-state index in [-0.39, 0.29) is 12.7 Å². The van der Waals surface area contributed by atoms with Crippen LogP contribution in [0.2, 0.25) is 0 Å². The van der Waals surface area contributed by atoms with Crippen molar-refractivity contribution in [3.05, 3.63) is 59.9 Å². The summed E-state index contributed by atoms with van der Waals surface area (Å²) in [5, 5.41) is 0.923. The Morgan fingerprint density at radius 1 is 1.09 bits per heavy atom. The van der Waals surface area contributed by atoms with Crippen LogP contribution in [0.3, 0.4) is 0 Å². The van der Waals surface area contributed by atoms with Gasteiger partial charge in [-0.25, -0.2) is 0 Å². The zero-order valence-corrected chi connectivity index (χ0v) is 12.6. The second kappa shape index (κ2) is 5.35. The predicted molar refractivity (Wildman–Crippen MR) is 84.6 cm³/mol. The number of benzene rings is 2. The summed E-state index contributed by atoms with van der Waals surface area (Å²) in [4.78, 5) is 14.1. The molecule has 0 saturated heterocycles. The van der Waals surface area contributed by atoms with Gasteiger partial charge in [-0.05, 0) is 29.8 Å². The summed E-state index contributed by atoms with van der Waals surface area (Å²) in [6.07, 6.45) is 0. The minimum atomic E-state index is -0.154. The summed E-state index contributed by atoms with van der Waals surface area (Å²) in [6, 6.07) is 15.0. The van der Waals surface area contributed by atoms with Gasteiger partial charge in [0.2, 0.25) is 6.79 Å². The van der Waals surface area contributed by atoms with Gasteiger partial charge in [-0.1, -0.05) is 24.3 Å². The van der Waals surface area contributed by atoms with Gasteiger partial charge in [0.15, 0.2) is 17.3 Å². The molecule has 2 heterocycles. The Bertz CT molecular complexity index is 851. The van der Waals surface area contributed by atoms with Crippen molar-refractivity contribution in [2.75, 3.05) is 13.8 Å². The first kappa shape index (κ1) is 13.7. The number of carbonyl (C=O) groups excluding carboxylic acids is 1. The molecule has 1 aliphatic rings. The highest BCUT2D eigenvalue weighted by Crippen LogP contribution is 2.32. The Labute approximate surface area is 133 Å². The maximum Gasteiger partial charge on any atom is 0.289 e. The Hall–Kier alpha value is -2.95. The number of para-hydroxylation sites is 1. The normalized spacial score (nSPS) is 12.6. The highest BCUT2D eigenvalue weighted by Gasteiger charge is 2.18. The fourth-order valence-corrected chi connectivity index (χ4v) is 2.66. The van der Waals surface area contributed by atoms with E-state index in [4.69, 9.17) is 13.9 Å². The first-order valence-corrected chi connectivity index (χ1v) is 7.33. The molecule has 23 heavy (non-hydrogen) atoms. The minimum absolute atomic E-state index is 0.154. The van der Waals surface area contributed by atoms with Crippen LogP contribution >= 0.6 is 0 Å². The van der Waals surface area contributed by atoms with Gasteiger partial charge in [-0.2, -0.15) is 0 Å². The van der Waals surface area contributed by atoms with Crippen molar-refractivity contribution in [3.63, 3.8) is 0 Å². The molecular formula is C18H15NO4. The van der Waals surface area contributed by atoms with E-state index in [0.717, 1.165) is 16.7 Å². The Morgan fingerprint density at radius 3 is 2.78 bits per heavy atom. The number of hydrogen-bond acceptors (Lipinski definition) is 4. The van der Waals surface area contributed by atoms with E-state index in [0.29, 0.717) is 23.6 Å². The van der Waals surface area contributed by atoms with E-state index in [9.17, 15) is 4.79 Å². The maximum absolute atomic E-state index is 12.5. The Balaban J connectivity index is 1.54. The van der Waals surface area contributed by atoms with Crippen molar-refractivity contribution in [2.45, 2.75) is 6.54 Å². The summed E-state index contributed by atoms with van der Waals surface area (Å²) >= 11 is 0. The van der Waals surface area contributed by atoms with E-state index in [1.165, 1.54) is 0 Å². The molecule has 4 rings (SSSR count). The van der Waals surface area contributed by atoms with Crippen LogP contribution in [0.5, 0.6) is 11.5 Å². The van der Waals surface area contributed by atoms with Crippen LogP contribution in [0.25, 0.3) is 11.0 Å². The van der Waals surface area contributed by atoms with Crippen LogP contribution in [0.1, 0.15) is 16.1 Å². The molecule has 5 heteroatoms. The van der Waals surface area contributed by atoms with Crippen LogP contribution < -0.4 is 9.47 Å². The van der Waals surface area contributed by atoms with Crippen LogP contribution in [-0.4, -0.2) is 24.6 Å². The number of nitrogens with zero attached hydrogens (tertiary/aromatic N) is 1. The highest BCUT2D eigenvalue weighted by atomic mass is 16.7. The molecule has 1 aromatic heterocycles. The molecule has 1 aliphatic heterocycles. The third kappa shape index (κ3) is 2.50. The van der Waals surface area contributed by atoms with E-state index >= 15 is 0 Å². The summed E-state index contributed by atoms with van der Waals surface area (Å²) in [7, 11) is 1.75. The SMILES string of the molecule is CN(Cc1ccc2c(c1)OCO2)C(=O)c1cc2ccccc2o1. The zero-order valence-electron chi connectivity index (χ0n) is 12.6. The van der Waals surface area contributed by atoms with Gasteiger partial charge in [0.1, 0.15) is 5.58 Å². The number of rotatable bonds is 3. The average Bonchev–Trinajstić information content (AvgIpc) is 3.19. The molecule has 0 saturated carbocycles. The lowest BCUT2D eigenvalue weighted by atomic mass is 10.2. The van der Waals surface area contributed by atoms with Crippen molar-refractivity contribution in [1.29, 1.82) is 0 Å². The molecule has 2 aromatic carbocycles. The highest BCUT2D eigenvalue weighted by molar-refractivity contribution is 5.95. The van der Waals surface area contributed by atoms with Crippen molar-refractivity contribution in [3.8, 4) is 11.5 Å². The monoisotopic (exact) mass is 309 g/mol. The van der Waals surface area contributed by atoms with Crippen molar-refractivity contribution in [1.82, 2.24) is 4.90 Å². The molecular weight excluding hydrogens is 294 g/mol. The molecule has 0 bridgehead atoms. The number of fused-ring (bicyclic) bond motifs is 2. The predicted octanol–water partition coefficient (Wildman–Crippen LogP) is 3.43. The van der Waals surface area contributed by atoms with Crippen molar-refractivity contribution in [2.24, 2.45) is 0 Å². The zero-order chi connectivity index (χ0) is 15.8. The smallest absolute Gasteiger partial charge is 0.289 e. The number of carbonyl (C=O) groups is 1. The van der Waals surface area contributed by atoms with Gasteiger partial charge in [-0.3, -0.25) is 4.79 Å². The Kier molecular flexibility index (Phi) is 3.19. The van der Waals surface area contributed by atoms with Crippen molar-refractivity contribution >= 4 is 16.9 Å². The van der Waals surface area contributed by atoms with Gasteiger partial charge in [0.25, 0.3) is 5.91 Å². The second-order valence-corrected chi connectivity index (χ2v) is 5.50. The molecule has 0 atom stereocenters. The first-order chi connectivity index (χ1) is 11.2. The molecule has 1 amide bonds. The molecule has 3 aromatic rings. The third-order valence-corrected chi connectivity index (χ3v) is 3.84. The van der Waals surface area contributed by atoms with Gasteiger partial charge >= 0.3 is 0 Å². The molecule has 0 aliphatic carbocycles. The fourth-order valence-electron chi connectivity index (χ4n) is 2.66. The van der Waals surface area contributed by atoms with Gasteiger partial charge in [0.05, 0.1) is 0 Å². The van der Waals surface area contributed by atoms with Crippen molar-refractivity contribution < 1.29 is 18.7 Å². The molecule has 0 unspecified atom stereocenters. The first-order valence-electron chi connectivity index (χ1n) is 7.33. The quantitative estimate of drug-likeness (QED) is 0.744. The summed E-state index contributed by atoms with van der Waals surface area (Å²) in [6.45, 7) is 0.707. The van der Waals surface area contributed by atoms with Crippen LogP contribution in [0.4, 0.5) is 0 Å². The molecule has 116 valence electrons. The van der Waals surface area contributed by atoms with E-state index < -0.39 is 0 Å². The summed E-state index contributed by atoms with van der Waals surface area (Å²) in [5.74, 6) is 1.64. The Morgan fingerprint density at radius 2 is 1.91 bits per heavy atom. The average molecular weight is 309 g/mol. The van der Waals surface area contributed by atoms with Gasteiger partial charge < -0.3 is 18.8 Å². The van der Waals surface area contributed by atoms with Gasteiger partial charge in [0, 0.05) is 19.0 Å². The molecule has 0 N–H and O–H groups in total.